The fourth-order valence-electron chi connectivity index (χ4n) is 2.69. The van der Waals surface area contributed by atoms with Gasteiger partial charge in [0, 0.05) is 11.2 Å². The van der Waals surface area contributed by atoms with Crippen molar-refractivity contribution in [3.63, 3.8) is 0 Å². The number of carbonyl (C=O) groups is 1. The molecule has 1 aliphatic heterocycles. The average molecular weight is 348 g/mol. The smallest absolute Gasteiger partial charge is 0.257 e. The lowest BCUT2D eigenvalue weighted by Gasteiger charge is -2.09. The van der Waals surface area contributed by atoms with Crippen molar-refractivity contribution in [1.29, 1.82) is 0 Å². The predicted molar refractivity (Wildman–Crippen MR) is 102 cm³/mol. The van der Waals surface area contributed by atoms with Crippen molar-refractivity contribution >= 4 is 46.7 Å². The van der Waals surface area contributed by atoms with Crippen molar-refractivity contribution in [2.75, 3.05) is 10.6 Å². The van der Waals surface area contributed by atoms with Crippen molar-refractivity contribution in [1.82, 2.24) is 4.98 Å². The van der Waals surface area contributed by atoms with Gasteiger partial charge in [0.05, 0.1) is 28.3 Å². The first kappa shape index (κ1) is 15.4. The Bertz CT molecular complexity index is 983. The predicted octanol–water partition coefficient (Wildman–Crippen LogP) is 5.21. The third-order valence-corrected chi connectivity index (χ3v) is 4.16. The Labute approximate surface area is 150 Å². The van der Waals surface area contributed by atoms with Gasteiger partial charge in [0.15, 0.2) is 0 Å². The number of fused-ring (bicyclic) bond motifs is 2. The summed E-state index contributed by atoms with van der Waals surface area (Å²) in [5.41, 5.74) is 4.65. The summed E-state index contributed by atoms with van der Waals surface area (Å²) >= 11 is 6.04. The summed E-state index contributed by atoms with van der Waals surface area (Å²) < 4.78 is 0. The Morgan fingerprint density at radius 1 is 0.880 bits per heavy atom. The summed E-state index contributed by atoms with van der Waals surface area (Å²) in [6, 6.07) is 16.8. The van der Waals surface area contributed by atoms with E-state index in [-0.39, 0.29) is 5.91 Å². The van der Waals surface area contributed by atoms with E-state index < -0.39 is 0 Å². The zero-order valence-electron chi connectivity index (χ0n) is 13.2. The van der Waals surface area contributed by atoms with Gasteiger partial charge in [-0.15, -0.1) is 0 Å². The molecule has 25 heavy (non-hydrogen) atoms. The molecule has 2 aromatic carbocycles. The summed E-state index contributed by atoms with van der Waals surface area (Å²) in [5.74, 6) is -0.163. The van der Waals surface area contributed by atoms with Crippen LogP contribution in [0.4, 0.5) is 17.1 Å². The summed E-state index contributed by atoms with van der Waals surface area (Å²) in [7, 11) is 0. The van der Waals surface area contributed by atoms with Crippen LogP contribution in [0.1, 0.15) is 21.6 Å². The molecule has 0 saturated carbocycles. The largest absolute Gasteiger partial charge is 0.353 e. The third-order valence-electron chi connectivity index (χ3n) is 3.92. The SMILES string of the molecule is O=C1Nc2cc(C=Cc3ccccn3)ccc2Nc2cc(Cl)ccc21. The number of carbonyl (C=O) groups excluding carboxylic acids is 1. The molecule has 4 nitrogen and oxygen atoms in total. The van der Waals surface area contributed by atoms with Gasteiger partial charge in [-0.25, -0.2) is 0 Å². The van der Waals surface area contributed by atoms with Gasteiger partial charge in [-0.3, -0.25) is 9.78 Å². The monoisotopic (exact) mass is 347 g/mol. The molecule has 0 radical (unpaired) electrons. The van der Waals surface area contributed by atoms with Gasteiger partial charge in [0.1, 0.15) is 0 Å². The highest BCUT2D eigenvalue weighted by atomic mass is 35.5. The summed E-state index contributed by atoms with van der Waals surface area (Å²) in [4.78, 5) is 16.7. The quantitative estimate of drug-likeness (QED) is 0.668. The zero-order chi connectivity index (χ0) is 17.2. The number of hydrogen-bond acceptors (Lipinski definition) is 3. The van der Waals surface area contributed by atoms with Gasteiger partial charge in [-0.2, -0.15) is 0 Å². The van der Waals surface area contributed by atoms with E-state index in [1.165, 1.54) is 0 Å². The zero-order valence-corrected chi connectivity index (χ0v) is 13.9. The van der Waals surface area contributed by atoms with Crippen LogP contribution in [0.15, 0.2) is 60.8 Å². The maximum absolute atomic E-state index is 12.4. The summed E-state index contributed by atoms with van der Waals surface area (Å²) in [5, 5.41) is 6.79. The molecular weight excluding hydrogens is 334 g/mol. The van der Waals surface area contributed by atoms with E-state index in [0.29, 0.717) is 16.3 Å². The molecule has 1 amide bonds. The van der Waals surface area contributed by atoms with Crippen LogP contribution in [0.25, 0.3) is 12.2 Å². The Hall–Kier alpha value is -3.11. The van der Waals surface area contributed by atoms with Gasteiger partial charge in [-0.1, -0.05) is 29.8 Å². The van der Waals surface area contributed by atoms with E-state index in [4.69, 9.17) is 11.6 Å². The number of aromatic nitrogens is 1. The topological polar surface area (TPSA) is 54.0 Å². The highest BCUT2D eigenvalue weighted by Crippen LogP contribution is 2.34. The summed E-state index contributed by atoms with van der Waals surface area (Å²) in [6.07, 6.45) is 5.65. The van der Waals surface area contributed by atoms with Crippen molar-refractivity contribution in [3.05, 3.63) is 82.6 Å². The maximum atomic E-state index is 12.4. The number of rotatable bonds is 2. The normalized spacial score (nSPS) is 12.8. The Balaban J connectivity index is 1.67. The van der Waals surface area contributed by atoms with Gasteiger partial charge >= 0.3 is 0 Å². The molecule has 2 heterocycles. The van der Waals surface area contributed by atoms with E-state index in [1.54, 1.807) is 24.4 Å². The van der Waals surface area contributed by atoms with Gasteiger partial charge in [0.2, 0.25) is 0 Å². The Morgan fingerprint density at radius 2 is 1.80 bits per heavy atom. The fraction of sp³-hybridized carbons (Fsp3) is 0. The van der Waals surface area contributed by atoms with Crippen LogP contribution >= 0.6 is 11.6 Å². The third kappa shape index (κ3) is 3.25. The number of nitrogens with zero attached hydrogens (tertiary/aromatic N) is 1. The molecule has 0 unspecified atom stereocenters. The van der Waals surface area contributed by atoms with Crippen LogP contribution in [-0.2, 0) is 0 Å². The highest BCUT2D eigenvalue weighted by molar-refractivity contribution is 6.31. The molecular formula is C20H14ClN3O. The Kier molecular flexibility index (Phi) is 3.96. The van der Waals surface area contributed by atoms with Crippen LogP contribution in [0.2, 0.25) is 5.02 Å². The minimum absolute atomic E-state index is 0.163. The molecule has 0 saturated heterocycles. The average Bonchev–Trinajstić information content (AvgIpc) is 2.75. The number of pyridine rings is 1. The first-order valence-electron chi connectivity index (χ1n) is 7.80. The van der Waals surface area contributed by atoms with Crippen LogP contribution in [0.5, 0.6) is 0 Å². The Morgan fingerprint density at radius 3 is 2.64 bits per heavy atom. The summed E-state index contributed by atoms with van der Waals surface area (Å²) in [6.45, 7) is 0. The molecule has 0 aliphatic carbocycles. The minimum Gasteiger partial charge on any atom is -0.353 e. The number of hydrogen-bond donors (Lipinski definition) is 2. The molecule has 0 spiro atoms. The lowest BCUT2D eigenvalue weighted by atomic mass is 10.1. The fourth-order valence-corrected chi connectivity index (χ4v) is 2.86. The molecule has 1 aromatic heterocycles. The van der Waals surface area contributed by atoms with E-state index >= 15 is 0 Å². The molecule has 4 rings (SSSR count). The van der Waals surface area contributed by atoms with Crippen LogP contribution in [0.3, 0.4) is 0 Å². The highest BCUT2D eigenvalue weighted by Gasteiger charge is 2.19. The number of halogens is 1. The van der Waals surface area contributed by atoms with Gasteiger partial charge < -0.3 is 10.6 Å². The number of anilines is 3. The van der Waals surface area contributed by atoms with Crippen LogP contribution in [-0.4, -0.2) is 10.9 Å². The van der Waals surface area contributed by atoms with E-state index in [0.717, 1.165) is 22.6 Å². The molecule has 3 aromatic rings. The molecule has 0 atom stereocenters. The second-order valence-electron chi connectivity index (χ2n) is 5.66. The number of benzene rings is 2. The minimum atomic E-state index is -0.163. The van der Waals surface area contributed by atoms with Crippen molar-refractivity contribution < 1.29 is 4.79 Å². The second-order valence-corrected chi connectivity index (χ2v) is 6.10. The van der Waals surface area contributed by atoms with Crippen molar-refractivity contribution in [3.8, 4) is 0 Å². The lowest BCUT2D eigenvalue weighted by molar-refractivity contribution is 0.102. The standard InChI is InChI=1S/C20H14ClN3O/c21-14-6-8-16-18(12-14)23-17-9-5-13(11-19(17)24-20(16)25)4-7-15-3-1-2-10-22-15/h1-12,23H,(H,24,25). The molecule has 2 N–H and O–H groups in total. The molecule has 0 fully saturated rings. The molecule has 1 aliphatic rings. The van der Waals surface area contributed by atoms with Gasteiger partial charge in [0.25, 0.3) is 5.91 Å². The van der Waals surface area contributed by atoms with E-state index in [1.807, 2.05) is 48.6 Å². The molecule has 5 heteroatoms. The van der Waals surface area contributed by atoms with Crippen LogP contribution in [0, 0.1) is 0 Å². The number of nitrogens with one attached hydrogen (secondary N) is 2. The van der Waals surface area contributed by atoms with E-state index in [9.17, 15) is 4.79 Å². The lowest BCUT2D eigenvalue weighted by Crippen LogP contribution is -2.10. The molecule has 122 valence electrons. The first-order valence-corrected chi connectivity index (χ1v) is 8.18. The number of amides is 1. The van der Waals surface area contributed by atoms with Crippen LogP contribution < -0.4 is 10.6 Å². The molecule has 0 bridgehead atoms. The first-order chi connectivity index (χ1) is 12.2. The van der Waals surface area contributed by atoms with Crippen molar-refractivity contribution in [2.24, 2.45) is 0 Å². The van der Waals surface area contributed by atoms with E-state index in [2.05, 4.69) is 15.6 Å². The second kappa shape index (κ2) is 6.42. The van der Waals surface area contributed by atoms with Gasteiger partial charge in [-0.05, 0) is 54.1 Å². The van der Waals surface area contributed by atoms with Crippen molar-refractivity contribution in [2.45, 2.75) is 0 Å². The maximum Gasteiger partial charge on any atom is 0.257 e.